The minimum atomic E-state index is -4.63. The molecule has 0 amide bonds. The lowest BCUT2D eigenvalue weighted by Gasteiger charge is -2.20. The summed E-state index contributed by atoms with van der Waals surface area (Å²) in [6, 6.07) is 28.2. The Labute approximate surface area is 307 Å². The van der Waals surface area contributed by atoms with E-state index in [-0.39, 0.29) is 27.4 Å². The van der Waals surface area contributed by atoms with Crippen LogP contribution in [0.4, 0.5) is 26.3 Å². The number of aryl methyl sites for hydroxylation is 1. The Balaban J connectivity index is 0.000000343. The molecule has 0 atom stereocenters. The van der Waals surface area contributed by atoms with Crippen molar-refractivity contribution in [1.82, 2.24) is 0 Å². The monoisotopic (exact) mass is 736 g/mol. The lowest BCUT2D eigenvalue weighted by atomic mass is 9.86. The van der Waals surface area contributed by atoms with Crippen LogP contribution in [-0.4, -0.2) is 6.36 Å². The lowest BCUT2D eigenvalue weighted by Crippen LogP contribution is -2.18. The number of hydrogen-bond donors (Lipinski definition) is 0. The molecule has 4 rings (SSSR count). The molecular weight excluding hydrogens is 682 g/mol. The summed E-state index contributed by atoms with van der Waals surface area (Å²) >= 11 is 5.85. The van der Waals surface area contributed by atoms with E-state index in [2.05, 4.69) is 83.5 Å². The molecule has 0 radical (unpaired) electrons. The van der Waals surface area contributed by atoms with Crippen molar-refractivity contribution in [2.75, 3.05) is 0 Å². The maximum absolute atomic E-state index is 12.4. The van der Waals surface area contributed by atoms with Crippen LogP contribution in [0.2, 0.25) is 5.02 Å². The summed E-state index contributed by atoms with van der Waals surface area (Å²) in [5.41, 5.74) is 5.02. The highest BCUT2D eigenvalue weighted by molar-refractivity contribution is 6.30. The molecule has 0 heterocycles. The standard InChI is InChI=1S/C11H13F3O.C11H13F3.C11H16.C10H13Cl/c1-10(2,3)8-5-4-6-9(7-8)15-11(12,13)14;1-10(2,3)8-5-4-6-9(7-8)11(12,13)14;1-9-6-5-7-10(8-9)11(2,3)4;1-10(2,3)8-5-4-6-9(11)7-8/h4-7H,1-3H3;4-7H,1-3H3;5-8H,1-4H3;4-7H,1-3H3. The zero-order chi connectivity index (χ0) is 39.6. The summed E-state index contributed by atoms with van der Waals surface area (Å²) in [6.45, 7) is 26.9. The summed E-state index contributed by atoms with van der Waals surface area (Å²) in [6.07, 6.45) is -8.88. The summed E-state index contributed by atoms with van der Waals surface area (Å²) in [4.78, 5) is 0. The van der Waals surface area contributed by atoms with Crippen LogP contribution in [0, 0.1) is 6.92 Å². The second-order valence-corrected chi connectivity index (χ2v) is 17.0. The summed E-state index contributed by atoms with van der Waals surface area (Å²) < 4.78 is 76.7. The van der Waals surface area contributed by atoms with Crippen LogP contribution < -0.4 is 4.74 Å². The van der Waals surface area contributed by atoms with Crippen molar-refractivity contribution in [3.05, 3.63) is 135 Å². The van der Waals surface area contributed by atoms with Crippen molar-refractivity contribution in [3.8, 4) is 5.75 Å². The molecule has 0 bridgehead atoms. The maximum Gasteiger partial charge on any atom is 0.573 e. The molecule has 1 nitrogen and oxygen atoms in total. The van der Waals surface area contributed by atoms with E-state index < -0.39 is 18.1 Å². The van der Waals surface area contributed by atoms with Crippen LogP contribution in [0.1, 0.15) is 116 Å². The second kappa shape index (κ2) is 17.9. The Hall–Kier alpha value is -3.45. The third-order valence-electron chi connectivity index (χ3n) is 7.56. The zero-order valence-corrected chi connectivity index (χ0v) is 33.0. The molecule has 0 aliphatic rings. The van der Waals surface area contributed by atoms with E-state index in [0.29, 0.717) is 5.56 Å². The van der Waals surface area contributed by atoms with Crippen molar-refractivity contribution in [1.29, 1.82) is 0 Å². The predicted molar refractivity (Wildman–Crippen MR) is 202 cm³/mol. The van der Waals surface area contributed by atoms with Crippen molar-refractivity contribution in [3.63, 3.8) is 0 Å². The first-order valence-corrected chi connectivity index (χ1v) is 17.1. The second-order valence-electron chi connectivity index (χ2n) is 16.5. The molecule has 0 aliphatic heterocycles. The third-order valence-corrected chi connectivity index (χ3v) is 7.80. The third kappa shape index (κ3) is 18.0. The van der Waals surface area contributed by atoms with E-state index in [4.69, 9.17) is 11.6 Å². The highest BCUT2D eigenvalue weighted by Gasteiger charge is 2.32. The first-order valence-electron chi connectivity index (χ1n) is 16.8. The van der Waals surface area contributed by atoms with Gasteiger partial charge < -0.3 is 4.74 Å². The topological polar surface area (TPSA) is 9.23 Å². The van der Waals surface area contributed by atoms with Gasteiger partial charge in [0.25, 0.3) is 0 Å². The van der Waals surface area contributed by atoms with E-state index in [1.807, 2.05) is 59.7 Å². The maximum atomic E-state index is 12.4. The Morgan fingerprint density at radius 1 is 0.431 bits per heavy atom. The average molecular weight is 737 g/mol. The Morgan fingerprint density at radius 3 is 1.14 bits per heavy atom. The van der Waals surface area contributed by atoms with Gasteiger partial charge in [-0.15, -0.1) is 13.2 Å². The van der Waals surface area contributed by atoms with Crippen LogP contribution in [0.25, 0.3) is 0 Å². The Morgan fingerprint density at radius 2 is 0.784 bits per heavy atom. The Kier molecular flexibility index (Phi) is 16.0. The average Bonchev–Trinajstić information content (AvgIpc) is 2.95. The normalized spacial score (nSPS) is 12.3. The number of alkyl halides is 6. The summed E-state index contributed by atoms with van der Waals surface area (Å²) in [7, 11) is 0. The van der Waals surface area contributed by atoms with Gasteiger partial charge in [-0.25, -0.2) is 0 Å². The van der Waals surface area contributed by atoms with Crippen molar-refractivity contribution < 1.29 is 31.1 Å². The fraction of sp³-hybridized carbons (Fsp3) is 0.442. The number of rotatable bonds is 1. The van der Waals surface area contributed by atoms with Gasteiger partial charge in [-0.1, -0.05) is 167 Å². The molecule has 4 aromatic carbocycles. The highest BCUT2D eigenvalue weighted by atomic mass is 35.5. The van der Waals surface area contributed by atoms with Gasteiger partial charge in [0.1, 0.15) is 5.75 Å². The fourth-order valence-corrected chi connectivity index (χ4v) is 4.58. The van der Waals surface area contributed by atoms with Crippen molar-refractivity contribution in [2.24, 2.45) is 0 Å². The number of benzene rings is 4. The number of halogens is 7. The number of hydrogen-bond acceptors (Lipinski definition) is 1. The van der Waals surface area contributed by atoms with Gasteiger partial charge in [-0.2, -0.15) is 13.2 Å². The SMILES string of the molecule is CC(C)(C)c1cccc(C(F)(F)F)c1.CC(C)(C)c1cccc(Cl)c1.CC(C)(C)c1cccc(OC(F)(F)F)c1.Cc1cccc(C(C)(C)C)c1. The number of ether oxygens (including phenoxy) is 1. The zero-order valence-electron chi connectivity index (χ0n) is 32.3. The molecule has 0 aromatic heterocycles. The van der Waals surface area contributed by atoms with Crippen LogP contribution in [0.3, 0.4) is 0 Å². The molecular formula is C43H55ClF6O. The van der Waals surface area contributed by atoms with Crippen molar-refractivity contribution in [2.45, 2.75) is 124 Å². The van der Waals surface area contributed by atoms with Gasteiger partial charge in [-0.05, 0) is 81.2 Å². The van der Waals surface area contributed by atoms with Crippen LogP contribution in [0.5, 0.6) is 5.75 Å². The van der Waals surface area contributed by atoms with Crippen molar-refractivity contribution >= 4 is 11.6 Å². The van der Waals surface area contributed by atoms with Gasteiger partial charge in [0.15, 0.2) is 0 Å². The van der Waals surface area contributed by atoms with Crippen LogP contribution in [-0.2, 0) is 27.8 Å². The summed E-state index contributed by atoms with van der Waals surface area (Å²) in [5, 5.41) is 0.817. The lowest BCUT2D eigenvalue weighted by molar-refractivity contribution is -0.274. The predicted octanol–water partition coefficient (Wildman–Crippen LogP) is 14.8. The molecule has 0 saturated carbocycles. The molecule has 4 aromatic rings. The van der Waals surface area contributed by atoms with E-state index in [9.17, 15) is 26.3 Å². The largest absolute Gasteiger partial charge is 0.573 e. The van der Waals surface area contributed by atoms with Gasteiger partial charge in [0, 0.05) is 5.02 Å². The molecule has 8 heteroatoms. The molecule has 0 aliphatic carbocycles. The smallest absolute Gasteiger partial charge is 0.406 e. The van der Waals surface area contributed by atoms with E-state index in [1.165, 1.54) is 41.0 Å². The molecule has 0 fully saturated rings. The van der Waals surface area contributed by atoms with Crippen LogP contribution in [0.15, 0.2) is 97.1 Å². The van der Waals surface area contributed by atoms with Crippen LogP contribution >= 0.6 is 11.6 Å². The fourth-order valence-electron chi connectivity index (χ4n) is 4.39. The van der Waals surface area contributed by atoms with E-state index in [1.54, 1.807) is 18.2 Å². The van der Waals surface area contributed by atoms with E-state index in [0.717, 1.165) is 16.7 Å². The van der Waals surface area contributed by atoms with Gasteiger partial charge in [0.2, 0.25) is 0 Å². The molecule has 0 N–H and O–H groups in total. The summed E-state index contributed by atoms with van der Waals surface area (Å²) in [5.74, 6) is -0.171. The van der Waals surface area contributed by atoms with E-state index >= 15 is 0 Å². The van der Waals surface area contributed by atoms with Gasteiger partial charge in [-0.3, -0.25) is 0 Å². The Bertz CT molecular complexity index is 1560. The first kappa shape index (κ1) is 45.6. The minimum absolute atomic E-state index is 0.171. The molecule has 0 saturated heterocycles. The molecule has 51 heavy (non-hydrogen) atoms. The quantitative estimate of drug-likeness (QED) is 0.177. The minimum Gasteiger partial charge on any atom is -0.406 e. The molecule has 282 valence electrons. The first-order chi connectivity index (χ1) is 22.9. The molecule has 0 unspecified atom stereocenters. The highest BCUT2D eigenvalue weighted by Crippen LogP contribution is 2.33. The molecule has 0 spiro atoms. The van der Waals surface area contributed by atoms with Gasteiger partial charge >= 0.3 is 12.5 Å². The van der Waals surface area contributed by atoms with Gasteiger partial charge in [0.05, 0.1) is 5.56 Å².